The van der Waals surface area contributed by atoms with Gasteiger partial charge in [0.05, 0.1) is 6.26 Å². The molecule has 0 aliphatic carbocycles. The van der Waals surface area contributed by atoms with E-state index in [9.17, 15) is 0 Å². The maximum atomic E-state index is 5.28. The van der Waals surface area contributed by atoms with Gasteiger partial charge in [-0.15, -0.1) is 0 Å². The summed E-state index contributed by atoms with van der Waals surface area (Å²) >= 11 is 0. The molecule has 2 heterocycles. The summed E-state index contributed by atoms with van der Waals surface area (Å²) in [5, 5.41) is 3.30. The quantitative estimate of drug-likeness (QED) is 0.792. The highest BCUT2D eigenvalue weighted by Gasteiger charge is 2.05. The van der Waals surface area contributed by atoms with Gasteiger partial charge in [0.1, 0.15) is 5.76 Å². The largest absolute Gasteiger partial charge is 0.469 e. The number of aryl methyl sites for hydroxylation is 1. The molecule has 1 N–H and O–H groups in total. The van der Waals surface area contributed by atoms with Crippen LogP contribution < -0.4 is 10.2 Å². The van der Waals surface area contributed by atoms with Crippen LogP contribution in [0.3, 0.4) is 0 Å². The Morgan fingerprint density at radius 2 is 2.11 bits per heavy atom. The zero-order chi connectivity index (χ0) is 12.8. The molecule has 0 saturated heterocycles. The molecule has 0 aliphatic heterocycles. The summed E-state index contributed by atoms with van der Waals surface area (Å²) < 4.78 is 5.28. The Bertz CT molecular complexity index is 468. The number of furan rings is 1. The molecule has 5 nitrogen and oxygen atoms in total. The Hall–Kier alpha value is -2.04. The second kappa shape index (κ2) is 6.05. The smallest absolute Gasteiger partial charge is 0.171 e. The van der Waals surface area contributed by atoms with Gasteiger partial charge in [-0.25, -0.2) is 9.97 Å². The molecule has 0 amide bonds. The average Bonchev–Trinajstić information content (AvgIpc) is 2.88. The molecule has 0 aliphatic rings. The number of nitrogens with one attached hydrogen (secondary N) is 1. The Morgan fingerprint density at radius 1 is 1.28 bits per heavy atom. The van der Waals surface area contributed by atoms with Gasteiger partial charge >= 0.3 is 0 Å². The molecule has 2 aromatic rings. The van der Waals surface area contributed by atoms with Gasteiger partial charge in [-0.05, 0) is 18.6 Å². The van der Waals surface area contributed by atoms with Gasteiger partial charge in [0.2, 0.25) is 0 Å². The van der Waals surface area contributed by atoms with Gasteiger partial charge < -0.3 is 14.6 Å². The lowest BCUT2D eigenvalue weighted by Crippen LogP contribution is -2.15. The van der Waals surface area contributed by atoms with Crippen LogP contribution in [-0.2, 0) is 6.42 Å². The Labute approximate surface area is 107 Å². The third kappa shape index (κ3) is 3.23. The normalized spacial score (nSPS) is 10.3. The molecule has 0 atom stereocenters. The van der Waals surface area contributed by atoms with E-state index in [1.807, 2.05) is 31.1 Å². The van der Waals surface area contributed by atoms with Crippen molar-refractivity contribution in [3.8, 4) is 0 Å². The predicted octanol–water partition coefficient (Wildman–Crippen LogP) is 2.18. The van der Waals surface area contributed by atoms with Crippen molar-refractivity contribution in [2.75, 3.05) is 30.9 Å². The molecule has 0 unspecified atom stereocenters. The summed E-state index contributed by atoms with van der Waals surface area (Å²) in [5.74, 6) is 2.70. The summed E-state index contributed by atoms with van der Waals surface area (Å²) in [4.78, 5) is 10.5. The van der Waals surface area contributed by atoms with Crippen LogP contribution >= 0.6 is 0 Å². The first-order chi connectivity index (χ1) is 8.77. The molecule has 0 spiro atoms. The van der Waals surface area contributed by atoms with Crippen LogP contribution in [0.15, 0.2) is 35.2 Å². The molecular formula is C13H18N4O. The molecule has 5 heteroatoms. The maximum absolute atomic E-state index is 5.28. The van der Waals surface area contributed by atoms with Crippen LogP contribution in [0.5, 0.6) is 0 Å². The van der Waals surface area contributed by atoms with E-state index >= 15 is 0 Å². The molecule has 0 aromatic carbocycles. The maximum Gasteiger partial charge on any atom is 0.171 e. The van der Waals surface area contributed by atoms with Crippen LogP contribution in [-0.4, -0.2) is 30.6 Å². The van der Waals surface area contributed by atoms with E-state index in [0.29, 0.717) is 0 Å². The lowest BCUT2D eigenvalue weighted by atomic mass is 10.2. The van der Waals surface area contributed by atoms with Crippen molar-refractivity contribution < 1.29 is 4.42 Å². The first-order valence-electron chi connectivity index (χ1n) is 6.02. The fourth-order valence-electron chi connectivity index (χ4n) is 1.71. The van der Waals surface area contributed by atoms with Gasteiger partial charge in [0, 0.05) is 39.5 Å². The number of rotatable bonds is 6. The third-order valence-electron chi connectivity index (χ3n) is 2.58. The lowest BCUT2D eigenvalue weighted by molar-refractivity contribution is 0.504. The Balaban J connectivity index is 1.83. The minimum absolute atomic E-state index is 0.821. The zero-order valence-electron chi connectivity index (χ0n) is 10.8. The summed E-state index contributed by atoms with van der Waals surface area (Å²) in [5.41, 5.74) is 0. The van der Waals surface area contributed by atoms with Crippen molar-refractivity contribution in [1.82, 2.24) is 9.97 Å². The molecular weight excluding hydrogens is 228 g/mol. The van der Waals surface area contributed by atoms with Gasteiger partial charge in [0.25, 0.3) is 0 Å². The van der Waals surface area contributed by atoms with Crippen molar-refractivity contribution in [3.05, 3.63) is 36.5 Å². The van der Waals surface area contributed by atoms with Gasteiger partial charge in [-0.1, -0.05) is 0 Å². The minimum Gasteiger partial charge on any atom is -0.469 e. The molecule has 96 valence electrons. The monoisotopic (exact) mass is 246 g/mol. The van der Waals surface area contributed by atoms with E-state index < -0.39 is 0 Å². The molecule has 0 bridgehead atoms. The molecule has 18 heavy (non-hydrogen) atoms. The van der Waals surface area contributed by atoms with Crippen molar-refractivity contribution in [2.24, 2.45) is 0 Å². The second-order valence-corrected chi connectivity index (χ2v) is 4.23. The van der Waals surface area contributed by atoms with E-state index in [1.165, 1.54) is 0 Å². The van der Waals surface area contributed by atoms with Crippen molar-refractivity contribution in [3.63, 3.8) is 0 Å². The number of hydrogen-bond donors (Lipinski definition) is 1. The summed E-state index contributed by atoms with van der Waals surface area (Å²) in [6.45, 7) is 0.847. The van der Waals surface area contributed by atoms with E-state index in [-0.39, 0.29) is 0 Å². The van der Waals surface area contributed by atoms with E-state index in [2.05, 4.69) is 15.3 Å². The highest BCUT2D eigenvalue weighted by Crippen LogP contribution is 2.17. The summed E-state index contributed by atoms with van der Waals surface area (Å²) in [6, 6.07) is 3.91. The van der Waals surface area contributed by atoms with Crippen molar-refractivity contribution in [1.29, 1.82) is 0 Å². The van der Waals surface area contributed by atoms with Gasteiger partial charge in [-0.3, -0.25) is 0 Å². The number of aromatic nitrogens is 2. The van der Waals surface area contributed by atoms with Gasteiger partial charge in [-0.2, -0.15) is 0 Å². The highest BCUT2D eigenvalue weighted by molar-refractivity contribution is 5.59. The van der Waals surface area contributed by atoms with E-state index in [1.54, 1.807) is 18.7 Å². The highest BCUT2D eigenvalue weighted by atomic mass is 16.3. The zero-order valence-corrected chi connectivity index (χ0v) is 10.8. The van der Waals surface area contributed by atoms with Crippen LogP contribution in [0.4, 0.5) is 11.6 Å². The SMILES string of the molecule is CN(C)c1nccnc1NCCCc1ccco1. The molecule has 0 radical (unpaired) electrons. The van der Waals surface area contributed by atoms with Crippen LogP contribution in [0.2, 0.25) is 0 Å². The second-order valence-electron chi connectivity index (χ2n) is 4.23. The molecule has 2 rings (SSSR count). The van der Waals surface area contributed by atoms with Crippen LogP contribution in [0.25, 0.3) is 0 Å². The van der Waals surface area contributed by atoms with Crippen molar-refractivity contribution in [2.45, 2.75) is 12.8 Å². The number of anilines is 2. The average molecular weight is 246 g/mol. The number of nitrogens with zero attached hydrogens (tertiary/aromatic N) is 3. The topological polar surface area (TPSA) is 54.2 Å². The first kappa shape index (κ1) is 12.4. The summed E-state index contributed by atoms with van der Waals surface area (Å²) in [6.07, 6.45) is 7.02. The third-order valence-corrected chi connectivity index (χ3v) is 2.58. The first-order valence-corrected chi connectivity index (χ1v) is 6.02. The summed E-state index contributed by atoms with van der Waals surface area (Å²) in [7, 11) is 3.91. The van der Waals surface area contributed by atoms with Crippen LogP contribution in [0.1, 0.15) is 12.2 Å². The van der Waals surface area contributed by atoms with Crippen LogP contribution in [0, 0.1) is 0 Å². The van der Waals surface area contributed by atoms with Gasteiger partial charge in [0.15, 0.2) is 11.6 Å². The Morgan fingerprint density at radius 3 is 2.83 bits per heavy atom. The number of hydrogen-bond acceptors (Lipinski definition) is 5. The van der Waals surface area contributed by atoms with E-state index in [4.69, 9.17) is 4.42 Å². The fourth-order valence-corrected chi connectivity index (χ4v) is 1.71. The molecule has 0 fully saturated rings. The Kier molecular flexibility index (Phi) is 4.17. The molecule has 0 saturated carbocycles. The molecule has 2 aromatic heterocycles. The van der Waals surface area contributed by atoms with Crippen molar-refractivity contribution >= 4 is 11.6 Å². The minimum atomic E-state index is 0.821. The fraction of sp³-hybridized carbons (Fsp3) is 0.385. The lowest BCUT2D eigenvalue weighted by Gasteiger charge is -2.15. The predicted molar refractivity (Wildman–Crippen MR) is 71.9 cm³/mol. The van der Waals surface area contributed by atoms with E-state index in [0.717, 1.165) is 36.8 Å². The standard InChI is InChI=1S/C13H18N4O/c1-17(2)13-12(15-8-9-16-13)14-7-3-5-11-6-4-10-18-11/h4,6,8-10H,3,5,7H2,1-2H3,(H,14,15).